The smallest absolute Gasteiger partial charge is 0.176 e. The van der Waals surface area contributed by atoms with E-state index in [-0.39, 0.29) is 10.9 Å². The maximum Gasteiger partial charge on any atom is 0.176 e. The highest BCUT2D eigenvalue weighted by atomic mass is 79.9. The van der Waals surface area contributed by atoms with Crippen molar-refractivity contribution in [3.8, 4) is 0 Å². The summed E-state index contributed by atoms with van der Waals surface area (Å²) in [7, 11) is 0. The Morgan fingerprint density at radius 1 is 1.17 bits per heavy atom. The van der Waals surface area contributed by atoms with Crippen LogP contribution in [0.5, 0.6) is 0 Å². The molecule has 0 amide bonds. The Bertz CT molecular complexity index is 560. The predicted octanol–water partition coefficient (Wildman–Crippen LogP) is 3.79. The van der Waals surface area contributed by atoms with E-state index in [2.05, 4.69) is 31.5 Å². The highest BCUT2D eigenvalue weighted by molar-refractivity contribution is 9.10. The van der Waals surface area contributed by atoms with Crippen LogP contribution in [0, 0.1) is 5.82 Å². The highest BCUT2D eigenvalue weighted by Crippen LogP contribution is 2.14. The van der Waals surface area contributed by atoms with Crippen molar-refractivity contribution < 1.29 is 4.39 Å². The van der Waals surface area contributed by atoms with E-state index in [0.29, 0.717) is 11.5 Å². The van der Waals surface area contributed by atoms with Crippen molar-refractivity contribution in [3.05, 3.63) is 52.9 Å². The van der Waals surface area contributed by atoms with Crippen LogP contribution in [0.3, 0.4) is 0 Å². The van der Waals surface area contributed by atoms with Gasteiger partial charge in [-0.1, -0.05) is 12.1 Å². The summed E-state index contributed by atoms with van der Waals surface area (Å²) in [5.41, 5.74) is 0.326. The zero-order valence-corrected chi connectivity index (χ0v) is 11.6. The molecule has 1 heterocycles. The number of anilines is 2. The molecule has 0 aliphatic rings. The SMILES string of the molecule is Fc1ccccc1NC(=S)Nc1ccc(Br)cn1. The van der Waals surface area contributed by atoms with E-state index in [1.807, 2.05) is 6.07 Å². The number of halogens is 2. The van der Waals surface area contributed by atoms with Gasteiger partial charge in [-0.15, -0.1) is 0 Å². The molecule has 1 aromatic carbocycles. The van der Waals surface area contributed by atoms with Crippen LogP contribution in [0.2, 0.25) is 0 Å². The molecule has 0 radical (unpaired) electrons. The Morgan fingerprint density at radius 3 is 2.61 bits per heavy atom. The molecule has 0 atom stereocenters. The fraction of sp³-hybridized carbons (Fsp3) is 0. The van der Waals surface area contributed by atoms with Crippen LogP contribution in [0.25, 0.3) is 0 Å². The fourth-order valence-electron chi connectivity index (χ4n) is 1.28. The molecule has 92 valence electrons. The van der Waals surface area contributed by atoms with E-state index in [4.69, 9.17) is 12.2 Å². The third-order valence-electron chi connectivity index (χ3n) is 2.09. The molecular weight excluding hydrogens is 317 g/mol. The first-order valence-corrected chi connectivity index (χ1v) is 6.29. The Kier molecular flexibility index (Phi) is 4.22. The number of hydrogen-bond acceptors (Lipinski definition) is 2. The molecule has 2 rings (SSSR count). The number of pyridine rings is 1. The van der Waals surface area contributed by atoms with Crippen LogP contribution < -0.4 is 10.6 Å². The lowest BCUT2D eigenvalue weighted by Crippen LogP contribution is -2.20. The van der Waals surface area contributed by atoms with Crippen LogP contribution in [-0.4, -0.2) is 10.1 Å². The van der Waals surface area contributed by atoms with Gasteiger partial charge in [0.25, 0.3) is 0 Å². The number of nitrogens with zero attached hydrogens (tertiary/aromatic N) is 1. The molecule has 0 aliphatic carbocycles. The van der Waals surface area contributed by atoms with Crippen LogP contribution in [0.1, 0.15) is 0 Å². The molecular formula is C12H9BrFN3S. The van der Waals surface area contributed by atoms with Crippen molar-refractivity contribution >= 4 is 44.8 Å². The second-order valence-electron chi connectivity index (χ2n) is 3.42. The predicted molar refractivity (Wildman–Crippen MR) is 78.2 cm³/mol. The van der Waals surface area contributed by atoms with Gasteiger partial charge >= 0.3 is 0 Å². The molecule has 0 bridgehead atoms. The number of thiocarbonyl (C=S) groups is 1. The van der Waals surface area contributed by atoms with Crippen molar-refractivity contribution in [1.82, 2.24) is 4.98 Å². The first-order chi connectivity index (χ1) is 8.65. The minimum absolute atomic E-state index is 0.287. The van der Waals surface area contributed by atoms with Gasteiger partial charge in [-0.05, 0) is 52.4 Å². The number of rotatable bonds is 2. The number of hydrogen-bond donors (Lipinski definition) is 2. The van der Waals surface area contributed by atoms with Gasteiger partial charge in [0, 0.05) is 10.7 Å². The molecule has 0 saturated heterocycles. The molecule has 6 heteroatoms. The Labute approximate surface area is 118 Å². The minimum atomic E-state index is -0.356. The average Bonchev–Trinajstić information content (AvgIpc) is 2.35. The highest BCUT2D eigenvalue weighted by Gasteiger charge is 2.03. The number of aromatic nitrogens is 1. The van der Waals surface area contributed by atoms with Gasteiger partial charge in [0.05, 0.1) is 5.69 Å². The molecule has 0 saturated carbocycles. The van der Waals surface area contributed by atoms with E-state index in [1.54, 1.807) is 30.5 Å². The first-order valence-electron chi connectivity index (χ1n) is 5.09. The lowest BCUT2D eigenvalue weighted by Gasteiger charge is -2.10. The zero-order valence-electron chi connectivity index (χ0n) is 9.15. The summed E-state index contributed by atoms with van der Waals surface area (Å²) in [6.45, 7) is 0. The van der Waals surface area contributed by atoms with Crippen molar-refractivity contribution in [2.75, 3.05) is 10.6 Å². The zero-order chi connectivity index (χ0) is 13.0. The summed E-state index contributed by atoms with van der Waals surface area (Å²) >= 11 is 8.36. The maximum atomic E-state index is 13.4. The lowest BCUT2D eigenvalue weighted by molar-refractivity contribution is 0.632. The van der Waals surface area contributed by atoms with Gasteiger partial charge in [0.1, 0.15) is 11.6 Å². The third kappa shape index (κ3) is 3.48. The fourth-order valence-corrected chi connectivity index (χ4v) is 1.73. The van der Waals surface area contributed by atoms with Gasteiger partial charge < -0.3 is 10.6 Å². The molecule has 2 N–H and O–H groups in total. The van der Waals surface area contributed by atoms with Gasteiger partial charge in [-0.3, -0.25) is 0 Å². The van der Waals surface area contributed by atoms with Gasteiger partial charge in [-0.2, -0.15) is 0 Å². The normalized spacial score (nSPS) is 9.89. The minimum Gasteiger partial charge on any atom is -0.330 e. The molecule has 1 aromatic heterocycles. The van der Waals surface area contributed by atoms with E-state index in [1.165, 1.54) is 6.07 Å². The Hall–Kier alpha value is -1.53. The van der Waals surface area contributed by atoms with E-state index >= 15 is 0 Å². The summed E-state index contributed by atoms with van der Waals surface area (Å²) in [5.74, 6) is 0.234. The largest absolute Gasteiger partial charge is 0.330 e. The van der Waals surface area contributed by atoms with Gasteiger partial charge in [0.2, 0.25) is 0 Å². The number of para-hydroxylation sites is 1. The molecule has 0 unspecified atom stereocenters. The van der Waals surface area contributed by atoms with E-state index < -0.39 is 0 Å². The summed E-state index contributed by atoms with van der Waals surface area (Å²) < 4.78 is 14.2. The van der Waals surface area contributed by atoms with Gasteiger partial charge in [0.15, 0.2) is 5.11 Å². The second-order valence-corrected chi connectivity index (χ2v) is 4.74. The number of benzene rings is 1. The molecule has 0 fully saturated rings. The second kappa shape index (κ2) is 5.88. The summed E-state index contributed by atoms with van der Waals surface area (Å²) in [5, 5.41) is 5.92. The van der Waals surface area contributed by atoms with Crippen LogP contribution >= 0.6 is 28.1 Å². The maximum absolute atomic E-state index is 13.4. The van der Waals surface area contributed by atoms with E-state index in [0.717, 1.165) is 4.47 Å². The van der Waals surface area contributed by atoms with Crippen molar-refractivity contribution in [2.24, 2.45) is 0 Å². The lowest BCUT2D eigenvalue weighted by atomic mass is 10.3. The van der Waals surface area contributed by atoms with Crippen LogP contribution in [-0.2, 0) is 0 Å². The monoisotopic (exact) mass is 325 g/mol. The van der Waals surface area contributed by atoms with Crippen molar-refractivity contribution in [3.63, 3.8) is 0 Å². The van der Waals surface area contributed by atoms with Crippen LogP contribution in [0.15, 0.2) is 47.1 Å². The molecule has 0 aliphatic heterocycles. The molecule has 2 aromatic rings. The Morgan fingerprint density at radius 2 is 1.94 bits per heavy atom. The third-order valence-corrected chi connectivity index (χ3v) is 2.76. The first kappa shape index (κ1) is 12.9. The molecule has 3 nitrogen and oxygen atoms in total. The van der Waals surface area contributed by atoms with Crippen molar-refractivity contribution in [2.45, 2.75) is 0 Å². The summed E-state index contributed by atoms with van der Waals surface area (Å²) in [6, 6.07) is 9.92. The topological polar surface area (TPSA) is 37.0 Å². The standard InChI is InChI=1S/C12H9BrFN3S/c13-8-5-6-11(15-7-8)17-12(18)16-10-4-2-1-3-9(10)14/h1-7H,(H2,15,16,17,18). The average molecular weight is 326 g/mol. The van der Waals surface area contributed by atoms with Gasteiger partial charge in [-0.25, -0.2) is 9.37 Å². The molecule has 0 spiro atoms. The van der Waals surface area contributed by atoms with Crippen molar-refractivity contribution in [1.29, 1.82) is 0 Å². The number of nitrogens with one attached hydrogen (secondary N) is 2. The van der Waals surface area contributed by atoms with Crippen LogP contribution in [0.4, 0.5) is 15.9 Å². The summed E-state index contributed by atoms with van der Waals surface area (Å²) in [4.78, 5) is 4.10. The Balaban J connectivity index is 2.01. The molecule has 18 heavy (non-hydrogen) atoms. The van der Waals surface area contributed by atoms with E-state index in [9.17, 15) is 4.39 Å². The quantitative estimate of drug-likeness (QED) is 0.824. The summed E-state index contributed by atoms with van der Waals surface area (Å²) in [6.07, 6.45) is 1.65.